The molecule has 1 fully saturated rings. The van der Waals surface area contributed by atoms with Gasteiger partial charge in [0.2, 0.25) is 5.91 Å². The molecule has 29 heavy (non-hydrogen) atoms. The van der Waals surface area contributed by atoms with Gasteiger partial charge in [-0.15, -0.1) is 11.3 Å². The maximum atomic E-state index is 13.0. The fourth-order valence-electron chi connectivity index (χ4n) is 3.20. The van der Waals surface area contributed by atoms with Crippen LogP contribution in [0.15, 0.2) is 29.6 Å². The van der Waals surface area contributed by atoms with Gasteiger partial charge >= 0.3 is 0 Å². The summed E-state index contributed by atoms with van der Waals surface area (Å²) in [6.07, 6.45) is 2.45. The zero-order valence-corrected chi connectivity index (χ0v) is 17.5. The lowest BCUT2D eigenvalue weighted by Gasteiger charge is -2.34. The molecule has 2 heterocycles. The van der Waals surface area contributed by atoms with E-state index in [-0.39, 0.29) is 17.6 Å². The molecule has 156 valence electrons. The lowest BCUT2D eigenvalue weighted by Crippen LogP contribution is -2.52. The van der Waals surface area contributed by atoms with Crippen LogP contribution in [0.5, 0.6) is 0 Å². The number of halogens is 1. The summed E-state index contributed by atoms with van der Waals surface area (Å²) in [6.45, 7) is 1.84. The van der Waals surface area contributed by atoms with Gasteiger partial charge in [0.15, 0.2) is 5.13 Å². The minimum absolute atomic E-state index is 0.111. The third-order valence-corrected chi connectivity index (χ3v) is 5.50. The molecule has 0 radical (unpaired) electrons. The molecule has 1 aliphatic rings. The van der Waals surface area contributed by atoms with Crippen LogP contribution in [0.1, 0.15) is 29.8 Å². The number of anilines is 2. The molecular weight excluding hydrogens is 393 g/mol. The van der Waals surface area contributed by atoms with E-state index < -0.39 is 6.04 Å². The lowest BCUT2D eigenvalue weighted by molar-refractivity contribution is -0.126. The molecule has 0 bridgehead atoms. The van der Waals surface area contributed by atoms with E-state index >= 15 is 0 Å². The number of amides is 2. The Morgan fingerprint density at radius 3 is 2.76 bits per heavy atom. The molecule has 2 N–H and O–H groups in total. The summed E-state index contributed by atoms with van der Waals surface area (Å²) in [7, 11) is 3.89. The van der Waals surface area contributed by atoms with Crippen LogP contribution in [-0.2, 0) is 4.79 Å². The summed E-state index contributed by atoms with van der Waals surface area (Å²) in [5.41, 5.74) is 1.00. The Bertz CT molecular complexity index is 840. The second-order valence-electron chi connectivity index (χ2n) is 7.27. The average Bonchev–Trinajstić information content (AvgIpc) is 3.17. The molecule has 9 heteroatoms. The number of rotatable bonds is 7. The number of carbonyl (C=O) groups excluding carboxylic acids is 2. The number of piperidine rings is 1. The Morgan fingerprint density at radius 1 is 1.28 bits per heavy atom. The molecule has 2 aromatic rings. The number of nitrogens with one attached hydrogen (secondary N) is 2. The van der Waals surface area contributed by atoms with E-state index in [1.165, 1.54) is 23.5 Å². The SMILES string of the molecule is CN(C)CCNC(=O)C1CCCCN1C(=O)c1csc(Nc2ccc(F)cc2)n1. The molecule has 2 amide bonds. The molecule has 7 nitrogen and oxygen atoms in total. The summed E-state index contributed by atoms with van der Waals surface area (Å²) in [5, 5.41) is 8.22. The highest BCUT2D eigenvalue weighted by Gasteiger charge is 2.33. The molecular formula is C20H26FN5O2S. The zero-order chi connectivity index (χ0) is 20.8. The van der Waals surface area contributed by atoms with Crippen molar-refractivity contribution in [3.63, 3.8) is 0 Å². The maximum Gasteiger partial charge on any atom is 0.274 e. The molecule has 1 unspecified atom stereocenters. The van der Waals surface area contributed by atoms with E-state index in [1.807, 2.05) is 19.0 Å². The summed E-state index contributed by atoms with van der Waals surface area (Å²) in [4.78, 5) is 33.6. The average molecular weight is 420 g/mol. The smallest absolute Gasteiger partial charge is 0.274 e. The highest BCUT2D eigenvalue weighted by molar-refractivity contribution is 7.14. The van der Waals surface area contributed by atoms with Crippen LogP contribution in [0, 0.1) is 5.82 Å². The zero-order valence-electron chi connectivity index (χ0n) is 16.7. The summed E-state index contributed by atoms with van der Waals surface area (Å²) in [5.74, 6) is -0.661. The molecule has 0 spiro atoms. The monoisotopic (exact) mass is 419 g/mol. The summed E-state index contributed by atoms with van der Waals surface area (Å²) in [6, 6.07) is 5.46. The van der Waals surface area contributed by atoms with Gasteiger partial charge in [0.05, 0.1) is 0 Å². The van der Waals surface area contributed by atoms with Gasteiger partial charge in [0.25, 0.3) is 5.91 Å². The van der Waals surface area contributed by atoms with Crippen molar-refractivity contribution in [2.75, 3.05) is 39.0 Å². The Hall–Kier alpha value is -2.52. The first-order valence-corrected chi connectivity index (χ1v) is 10.5. The van der Waals surface area contributed by atoms with E-state index in [4.69, 9.17) is 0 Å². The van der Waals surface area contributed by atoms with Gasteiger partial charge in [-0.05, 0) is 57.6 Å². The second kappa shape index (κ2) is 9.80. The molecule has 1 atom stereocenters. The quantitative estimate of drug-likeness (QED) is 0.722. The van der Waals surface area contributed by atoms with Gasteiger partial charge in [-0.2, -0.15) is 0 Å². The number of aromatic nitrogens is 1. The highest BCUT2D eigenvalue weighted by atomic mass is 32.1. The molecule has 3 rings (SSSR count). The molecule has 1 saturated heterocycles. The maximum absolute atomic E-state index is 13.0. The van der Waals surface area contributed by atoms with Gasteiger partial charge in [0, 0.05) is 30.7 Å². The molecule has 1 aromatic heterocycles. The number of hydrogen-bond donors (Lipinski definition) is 2. The van der Waals surface area contributed by atoms with Gasteiger partial charge in [-0.25, -0.2) is 9.37 Å². The molecule has 0 aliphatic carbocycles. The van der Waals surface area contributed by atoms with E-state index in [1.54, 1.807) is 22.4 Å². The summed E-state index contributed by atoms with van der Waals surface area (Å²) < 4.78 is 13.0. The fraction of sp³-hybridized carbons (Fsp3) is 0.450. The Morgan fingerprint density at radius 2 is 2.03 bits per heavy atom. The number of hydrogen-bond acceptors (Lipinski definition) is 6. The molecule has 1 aliphatic heterocycles. The first-order valence-electron chi connectivity index (χ1n) is 9.65. The first kappa shape index (κ1) is 21.2. The molecule has 1 aromatic carbocycles. The van der Waals surface area contributed by atoms with E-state index in [2.05, 4.69) is 15.6 Å². The van der Waals surface area contributed by atoms with Crippen molar-refractivity contribution in [2.45, 2.75) is 25.3 Å². The van der Waals surface area contributed by atoms with Gasteiger partial charge in [-0.3, -0.25) is 9.59 Å². The number of likely N-dealkylation sites (N-methyl/N-ethyl adjacent to an activating group) is 1. The number of benzene rings is 1. The van der Waals surface area contributed by atoms with E-state index in [9.17, 15) is 14.0 Å². The van der Waals surface area contributed by atoms with Crippen molar-refractivity contribution in [1.82, 2.24) is 20.1 Å². The fourth-order valence-corrected chi connectivity index (χ4v) is 3.91. The topological polar surface area (TPSA) is 77.6 Å². The van der Waals surface area contributed by atoms with Crippen LogP contribution in [0.4, 0.5) is 15.2 Å². The van der Waals surface area contributed by atoms with Gasteiger partial charge < -0.3 is 20.4 Å². The number of thiazole rings is 1. The Labute approximate surface area is 173 Å². The normalized spacial score (nSPS) is 16.7. The Kier molecular flexibility index (Phi) is 7.16. The standard InChI is InChI=1S/C20H26FN5O2S/c1-25(2)12-10-22-18(27)17-5-3-4-11-26(17)19(28)16-13-29-20(24-16)23-15-8-6-14(21)7-9-15/h6-9,13,17H,3-5,10-12H2,1-2H3,(H,22,27)(H,23,24). The van der Waals surface area contributed by atoms with Crippen molar-refractivity contribution in [1.29, 1.82) is 0 Å². The highest BCUT2D eigenvalue weighted by Crippen LogP contribution is 2.24. The van der Waals surface area contributed by atoms with Crippen molar-refractivity contribution in [3.8, 4) is 0 Å². The van der Waals surface area contributed by atoms with Crippen LogP contribution < -0.4 is 10.6 Å². The Balaban J connectivity index is 1.65. The third-order valence-electron chi connectivity index (χ3n) is 4.74. The van der Waals surface area contributed by atoms with Crippen molar-refractivity contribution < 1.29 is 14.0 Å². The minimum Gasteiger partial charge on any atom is -0.353 e. The minimum atomic E-state index is -0.464. The van der Waals surface area contributed by atoms with Crippen LogP contribution in [-0.4, -0.2) is 66.4 Å². The van der Waals surface area contributed by atoms with Gasteiger partial charge in [-0.1, -0.05) is 0 Å². The van der Waals surface area contributed by atoms with Crippen LogP contribution in [0.2, 0.25) is 0 Å². The summed E-state index contributed by atoms with van der Waals surface area (Å²) >= 11 is 1.30. The van der Waals surface area contributed by atoms with E-state index in [0.29, 0.717) is 36.0 Å². The van der Waals surface area contributed by atoms with Crippen molar-refractivity contribution in [3.05, 3.63) is 41.2 Å². The van der Waals surface area contributed by atoms with Crippen molar-refractivity contribution in [2.24, 2.45) is 0 Å². The van der Waals surface area contributed by atoms with Crippen LogP contribution >= 0.6 is 11.3 Å². The number of nitrogens with zero attached hydrogens (tertiary/aromatic N) is 3. The first-order chi connectivity index (χ1) is 13.9. The predicted octanol–water partition coefficient (Wildman–Crippen LogP) is 2.70. The predicted molar refractivity (Wildman–Crippen MR) is 112 cm³/mol. The molecule has 0 saturated carbocycles. The number of likely N-dealkylation sites (tertiary alicyclic amines) is 1. The van der Waals surface area contributed by atoms with Crippen LogP contribution in [0.25, 0.3) is 0 Å². The lowest BCUT2D eigenvalue weighted by atomic mass is 10.0. The van der Waals surface area contributed by atoms with Gasteiger partial charge in [0.1, 0.15) is 17.6 Å². The largest absolute Gasteiger partial charge is 0.353 e. The third kappa shape index (κ3) is 5.74. The van der Waals surface area contributed by atoms with Crippen LogP contribution in [0.3, 0.4) is 0 Å². The second-order valence-corrected chi connectivity index (χ2v) is 8.13. The van der Waals surface area contributed by atoms with Crippen molar-refractivity contribution >= 4 is 34.0 Å². The van der Waals surface area contributed by atoms with E-state index in [0.717, 1.165) is 19.4 Å². The number of carbonyl (C=O) groups is 2.